The van der Waals surface area contributed by atoms with Crippen LogP contribution in [-0.4, -0.2) is 36.0 Å². The SMILES string of the molecule is CCCC(=O)Nc1cncc(-c2cc3c(-c4cc5c(-c6ccoc6)cncc5[nH]4)n[nH]c3cn2)c1. The summed E-state index contributed by atoms with van der Waals surface area (Å²) in [5, 5.41) is 12.5. The molecule has 0 saturated carbocycles. The van der Waals surface area contributed by atoms with Crippen molar-refractivity contribution in [2.24, 2.45) is 0 Å². The molecular formula is C26H21N7O2. The monoisotopic (exact) mass is 463 g/mol. The van der Waals surface area contributed by atoms with Crippen LogP contribution in [-0.2, 0) is 4.79 Å². The molecule has 0 aliphatic carbocycles. The molecule has 6 aromatic rings. The summed E-state index contributed by atoms with van der Waals surface area (Å²) >= 11 is 0. The quantitative estimate of drug-likeness (QED) is 0.297. The number of pyridine rings is 3. The summed E-state index contributed by atoms with van der Waals surface area (Å²) in [4.78, 5) is 28.7. The Morgan fingerprint density at radius 2 is 1.91 bits per heavy atom. The first kappa shape index (κ1) is 20.8. The molecule has 0 atom stereocenters. The number of anilines is 1. The molecule has 9 heteroatoms. The van der Waals surface area contributed by atoms with E-state index in [1.165, 1.54) is 0 Å². The maximum atomic E-state index is 12.0. The van der Waals surface area contributed by atoms with Gasteiger partial charge in [0.05, 0.1) is 59.2 Å². The fraction of sp³-hybridized carbons (Fsp3) is 0.115. The number of fused-ring (bicyclic) bond motifs is 2. The highest BCUT2D eigenvalue weighted by Gasteiger charge is 2.16. The molecule has 0 radical (unpaired) electrons. The summed E-state index contributed by atoms with van der Waals surface area (Å²) in [5.74, 6) is -0.0323. The van der Waals surface area contributed by atoms with Gasteiger partial charge in [-0.05, 0) is 30.7 Å². The van der Waals surface area contributed by atoms with Gasteiger partial charge >= 0.3 is 0 Å². The number of amides is 1. The number of carbonyl (C=O) groups is 1. The van der Waals surface area contributed by atoms with E-state index in [9.17, 15) is 4.79 Å². The molecule has 0 fully saturated rings. The van der Waals surface area contributed by atoms with Crippen molar-refractivity contribution in [2.45, 2.75) is 19.8 Å². The standard InChI is InChI=1S/C26H21N7O2/c1-2-3-25(34)30-17-6-16(9-27-10-17)21-8-19-24(13-29-21)32-33-26(19)22-7-18-20(15-4-5-35-14-15)11-28-12-23(18)31-22/h4-14,31H,2-3H2,1H3,(H,30,34)(H,32,33). The smallest absolute Gasteiger partial charge is 0.224 e. The number of aromatic amines is 2. The van der Waals surface area contributed by atoms with E-state index in [0.717, 1.165) is 62.0 Å². The second-order valence-electron chi connectivity index (χ2n) is 8.29. The molecule has 9 nitrogen and oxygen atoms in total. The Hall–Kier alpha value is -4.79. The summed E-state index contributed by atoms with van der Waals surface area (Å²) in [6.07, 6.45) is 13.4. The van der Waals surface area contributed by atoms with E-state index >= 15 is 0 Å². The van der Waals surface area contributed by atoms with Gasteiger partial charge in [-0.1, -0.05) is 6.92 Å². The topological polar surface area (TPSA) is 125 Å². The van der Waals surface area contributed by atoms with Gasteiger partial charge in [0.15, 0.2) is 0 Å². The van der Waals surface area contributed by atoms with Crippen molar-refractivity contribution in [3.05, 3.63) is 67.8 Å². The molecule has 3 N–H and O–H groups in total. The zero-order valence-electron chi connectivity index (χ0n) is 18.9. The molecule has 0 aliphatic heterocycles. The van der Waals surface area contributed by atoms with Gasteiger partial charge in [-0.3, -0.25) is 24.8 Å². The molecule has 6 aromatic heterocycles. The van der Waals surface area contributed by atoms with Gasteiger partial charge in [0, 0.05) is 46.3 Å². The first-order valence-electron chi connectivity index (χ1n) is 11.3. The summed E-state index contributed by atoms with van der Waals surface area (Å²) in [7, 11) is 0. The van der Waals surface area contributed by atoms with Crippen LogP contribution in [0.25, 0.3) is 55.6 Å². The number of nitrogens with zero attached hydrogens (tertiary/aromatic N) is 4. The van der Waals surface area contributed by atoms with Crippen LogP contribution in [0.2, 0.25) is 0 Å². The molecule has 172 valence electrons. The molecule has 0 saturated heterocycles. The van der Waals surface area contributed by atoms with Crippen LogP contribution in [0.3, 0.4) is 0 Å². The van der Waals surface area contributed by atoms with E-state index < -0.39 is 0 Å². The van der Waals surface area contributed by atoms with E-state index in [1.54, 1.807) is 37.3 Å². The first-order valence-corrected chi connectivity index (χ1v) is 11.3. The van der Waals surface area contributed by atoms with Crippen LogP contribution >= 0.6 is 0 Å². The second kappa shape index (κ2) is 8.53. The van der Waals surface area contributed by atoms with Crippen molar-refractivity contribution in [2.75, 3.05) is 5.32 Å². The molecule has 1 amide bonds. The van der Waals surface area contributed by atoms with Gasteiger partial charge in [-0.2, -0.15) is 5.10 Å². The van der Waals surface area contributed by atoms with Crippen LogP contribution in [0.15, 0.2) is 72.2 Å². The van der Waals surface area contributed by atoms with Gasteiger partial charge in [0.1, 0.15) is 5.69 Å². The summed E-state index contributed by atoms with van der Waals surface area (Å²) in [6.45, 7) is 1.97. The third-order valence-electron chi connectivity index (χ3n) is 5.87. The Morgan fingerprint density at radius 1 is 1.00 bits per heavy atom. The number of carbonyl (C=O) groups excluding carboxylic acids is 1. The molecule has 0 unspecified atom stereocenters. The molecular weight excluding hydrogens is 442 g/mol. The number of hydrogen-bond donors (Lipinski definition) is 3. The summed E-state index contributed by atoms with van der Waals surface area (Å²) < 4.78 is 5.26. The minimum Gasteiger partial charge on any atom is -0.472 e. The molecule has 6 rings (SSSR count). The van der Waals surface area contributed by atoms with E-state index in [-0.39, 0.29) is 5.91 Å². The molecule has 0 aromatic carbocycles. The van der Waals surface area contributed by atoms with Gasteiger partial charge < -0.3 is 14.7 Å². The Morgan fingerprint density at radius 3 is 2.77 bits per heavy atom. The van der Waals surface area contributed by atoms with Crippen LogP contribution in [0.4, 0.5) is 5.69 Å². The zero-order chi connectivity index (χ0) is 23.8. The lowest BCUT2D eigenvalue weighted by Gasteiger charge is -2.06. The van der Waals surface area contributed by atoms with E-state index in [2.05, 4.69) is 41.5 Å². The van der Waals surface area contributed by atoms with Gasteiger partial charge in [0.25, 0.3) is 0 Å². The van der Waals surface area contributed by atoms with E-state index in [0.29, 0.717) is 12.1 Å². The summed E-state index contributed by atoms with van der Waals surface area (Å²) in [5.41, 5.74) is 7.48. The fourth-order valence-corrected chi connectivity index (χ4v) is 4.21. The van der Waals surface area contributed by atoms with Gasteiger partial charge in [0.2, 0.25) is 5.91 Å². The van der Waals surface area contributed by atoms with Crippen molar-refractivity contribution < 1.29 is 9.21 Å². The lowest BCUT2D eigenvalue weighted by molar-refractivity contribution is -0.116. The highest BCUT2D eigenvalue weighted by atomic mass is 16.3. The number of nitrogens with one attached hydrogen (secondary N) is 3. The predicted octanol–water partition coefficient (Wildman–Crippen LogP) is 5.56. The maximum absolute atomic E-state index is 12.0. The predicted molar refractivity (Wildman–Crippen MR) is 133 cm³/mol. The third kappa shape index (κ3) is 3.82. The number of H-pyrrole nitrogens is 2. The Labute approximate surface area is 199 Å². The van der Waals surface area contributed by atoms with Crippen LogP contribution in [0.1, 0.15) is 19.8 Å². The minimum atomic E-state index is -0.0323. The number of hydrogen-bond acceptors (Lipinski definition) is 6. The van der Waals surface area contributed by atoms with E-state index in [4.69, 9.17) is 4.42 Å². The van der Waals surface area contributed by atoms with Crippen LogP contribution in [0.5, 0.6) is 0 Å². The molecule has 0 aliphatic rings. The Balaban J connectivity index is 1.40. The zero-order valence-corrected chi connectivity index (χ0v) is 18.9. The number of aromatic nitrogens is 6. The fourth-order valence-electron chi connectivity index (χ4n) is 4.21. The van der Waals surface area contributed by atoms with E-state index in [1.807, 2.05) is 31.3 Å². The normalized spacial score (nSPS) is 11.3. The van der Waals surface area contributed by atoms with Crippen LogP contribution < -0.4 is 5.32 Å². The third-order valence-corrected chi connectivity index (χ3v) is 5.87. The number of furan rings is 1. The van der Waals surface area contributed by atoms with Crippen molar-refractivity contribution in [1.29, 1.82) is 0 Å². The molecule has 0 bridgehead atoms. The van der Waals surface area contributed by atoms with Crippen LogP contribution in [0, 0.1) is 0 Å². The largest absolute Gasteiger partial charge is 0.472 e. The second-order valence-corrected chi connectivity index (χ2v) is 8.29. The highest BCUT2D eigenvalue weighted by Crippen LogP contribution is 2.34. The van der Waals surface area contributed by atoms with Crippen molar-refractivity contribution in [1.82, 2.24) is 30.1 Å². The van der Waals surface area contributed by atoms with Gasteiger partial charge in [-0.15, -0.1) is 0 Å². The molecule has 35 heavy (non-hydrogen) atoms. The Kier molecular flexibility index (Phi) is 5.07. The maximum Gasteiger partial charge on any atom is 0.224 e. The average Bonchev–Trinajstić information content (AvgIpc) is 3.63. The average molecular weight is 464 g/mol. The lowest BCUT2D eigenvalue weighted by Crippen LogP contribution is -2.10. The highest BCUT2D eigenvalue weighted by molar-refractivity contribution is 6.01. The van der Waals surface area contributed by atoms with Crippen molar-refractivity contribution >= 4 is 33.4 Å². The van der Waals surface area contributed by atoms with Crippen molar-refractivity contribution in [3.8, 4) is 33.8 Å². The molecule has 0 spiro atoms. The first-order chi connectivity index (χ1) is 17.2. The number of rotatable bonds is 6. The summed E-state index contributed by atoms with van der Waals surface area (Å²) in [6, 6.07) is 7.84. The Bertz CT molecular complexity index is 1660. The van der Waals surface area contributed by atoms with Gasteiger partial charge in [-0.25, -0.2) is 0 Å². The molecule has 6 heterocycles. The lowest BCUT2D eigenvalue weighted by atomic mass is 10.1. The van der Waals surface area contributed by atoms with Crippen molar-refractivity contribution in [3.63, 3.8) is 0 Å². The minimum absolute atomic E-state index is 0.0323.